The fourth-order valence-electron chi connectivity index (χ4n) is 1.26. The minimum atomic E-state index is -0.100. The Hall–Kier alpha value is -0.0900. The quantitative estimate of drug-likeness (QED) is 0.699. The number of hydrogen-bond donors (Lipinski definition) is 0. The molecule has 1 atom stereocenters. The molecule has 0 N–H and O–H groups in total. The van der Waals surface area contributed by atoms with Crippen molar-refractivity contribution in [2.45, 2.75) is 38.6 Å². The first-order valence-corrected chi connectivity index (χ1v) is 6.26. The fraction of sp³-hybridized carbons (Fsp3) is 0.909. The SMILES string of the molecule is COCCN(C(=O)C(Br)C(C)C)C(C)C. The standard InChI is InChI=1S/C11H22BrNO2/c1-8(2)10(12)11(14)13(9(3)4)6-7-15-5/h8-10H,6-7H2,1-5H3. The van der Waals surface area contributed by atoms with Crippen molar-refractivity contribution >= 4 is 21.8 Å². The number of ether oxygens (including phenoxy) is 1. The molecule has 0 rings (SSSR count). The van der Waals surface area contributed by atoms with Crippen LogP contribution in [0.4, 0.5) is 0 Å². The smallest absolute Gasteiger partial charge is 0.236 e. The molecule has 0 aromatic carbocycles. The van der Waals surface area contributed by atoms with Gasteiger partial charge in [0.15, 0.2) is 0 Å². The lowest BCUT2D eigenvalue weighted by molar-refractivity contribution is -0.133. The van der Waals surface area contributed by atoms with Crippen LogP contribution >= 0.6 is 15.9 Å². The van der Waals surface area contributed by atoms with E-state index in [1.165, 1.54) is 0 Å². The van der Waals surface area contributed by atoms with E-state index in [4.69, 9.17) is 4.74 Å². The third kappa shape index (κ3) is 4.98. The van der Waals surface area contributed by atoms with Crippen LogP contribution in [0, 0.1) is 5.92 Å². The predicted molar refractivity (Wildman–Crippen MR) is 66.3 cm³/mol. The van der Waals surface area contributed by atoms with E-state index in [9.17, 15) is 4.79 Å². The van der Waals surface area contributed by atoms with E-state index in [-0.39, 0.29) is 16.8 Å². The number of halogens is 1. The maximum atomic E-state index is 12.1. The van der Waals surface area contributed by atoms with Crippen molar-refractivity contribution in [2.24, 2.45) is 5.92 Å². The highest BCUT2D eigenvalue weighted by atomic mass is 79.9. The number of carbonyl (C=O) groups excluding carboxylic acids is 1. The number of carbonyl (C=O) groups is 1. The van der Waals surface area contributed by atoms with Gasteiger partial charge in [-0.25, -0.2) is 0 Å². The summed E-state index contributed by atoms with van der Waals surface area (Å²) in [4.78, 5) is 13.8. The molecule has 90 valence electrons. The Balaban J connectivity index is 4.41. The Kier molecular flexibility index (Phi) is 7.18. The summed E-state index contributed by atoms with van der Waals surface area (Å²) in [6.45, 7) is 9.35. The largest absolute Gasteiger partial charge is 0.383 e. The lowest BCUT2D eigenvalue weighted by Gasteiger charge is -2.29. The third-order valence-electron chi connectivity index (χ3n) is 2.26. The zero-order valence-electron chi connectivity index (χ0n) is 10.3. The zero-order valence-corrected chi connectivity index (χ0v) is 11.9. The van der Waals surface area contributed by atoms with Crippen molar-refractivity contribution in [3.63, 3.8) is 0 Å². The van der Waals surface area contributed by atoms with Crippen molar-refractivity contribution < 1.29 is 9.53 Å². The van der Waals surface area contributed by atoms with Gasteiger partial charge in [0.05, 0.1) is 11.4 Å². The highest BCUT2D eigenvalue weighted by Crippen LogP contribution is 2.16. The van der Waals surface area contributed by atoms with Crippen LogP contribution in [0.25, 0.3) is 0 Å². The van der Waals surface area contributed by atoms with Crippen LogP contribution < -0.4 is 0 Å². The minimum Gasteiger partial charge on any atom is -0.383 e. The van der Waals surface area contributed by atoms with Crippen LogP contribution in [0.3, 0.4) is 0 Å². The average Bonchev–Trinajstić information content (AvgIpc) is 2.16. The molecule has 0 radical (unpaired) electrons. The first-order valence-electron chi connectivity index (χ1n) is 5.35. The Bertz CT molecular complexity index is 195. The molecule has 0 saturated carbocycles. The van der Waals surface area contributed by atoms with Gasteiger partial charge in [-0.2, -0.15) is 0 Å². The first kappa shape index (κ1) is 14.9. The molecule has 0 aromatic heterocycles. The van der Waals surface area contributed by atoms with E-state index in [1.54, 1.807) is 7.11 Å². The number of alkyl halides is 1. The summed E-state index contributed by atoms with van der Waals surface area (Å²) in [5.74, 6) is 0.457. The van der Waals surface area contributed by atoms with Gasteiger partial charge in [-0.1, -0.05) is 29.8 Å². The molecular weight excluding hydrogens is 258 g/mol. The number of rotatable bonds is 6. The van der Waals surface area contributed by atoms with E-state index >= 15 is 0 Å². The van der Waals surface area contributed by atoms with E-state index in [1.807, 2.05) is 32.6 Å². The molecule has 0 saturated heterocycles. The Morgan fingerprint density at radius 2 is 1.87 bits per heavy atom. The lowest BCUT2D eigenvalue weighted by Crippen LogP contribution is -2.44. The summed E-state index contributed by atoms with van der Waals surface area (Å²) >= 11 is 3.44. The van der Waals surface area contributed by atoms with Gasteiger partial charge in [-0.3, -0.25) is 4.79 Å². The molecule has 0 heterocycles. The van der Waals surface area contributed by atoms with Crippen LogP contribution in [0.15, 0.2) is 0 Å². The predicted octanol–water partition coefficient (Wildman–Crippen LogP) is 2.29. The van der Waals surface area contributed by atoms with Crippen molar-refractivity contribution in [2.75, 3.05) is 20.3 Å². The van der Waals surface area contributed by atoms with E-state index < -0.39 is 0 Å². The minimum absolute atomic E-state index is 0.100. The maximum Gasteiger partial charge on any atom is 0.236 e. The monoisotopic (exact) mass is 279 g/mol. The molecule has 0 bridgehead atoms. The second-order valence-electron chi connectivity index (χ2n) is 4.26. The van der Waals surface area contributed by atoms with E-state index in [0.717, 1.165) is 0 Å². The Morgan fingerprint density at radius 1 is 1.33 bits per heavy atom. The second kappa shape index (κ2) is 7.23. The summed E-state index contributed by atoms with van der Waals surface area (Å²) < 4.78 is 5.00. The van der Waals surface area contributed by atoms with Crippen molar-refractivity contribution in [3.05, 3.63) is 0 Å². The Morgan fingerprint density at radius 3 is 2.20 bits per heavy atom. The third-order valence-corrected chi connectivity index (χ3v) is 3.71. The first-order chi connectivity index (χ1) is 6.91. The van der Waals surface area contributed by atoms with Crippen molar-refractivity contribution in [1.82, 2.24) is 4.90 Å². The van der Waals surface area contributed by atoms with Gasteiger partial charge in [0, 0.05) is 19.7 Å². The van der Waals surface area contributed by atoms with E-state index in [2.05, 4.69) is 15.9 Å². The zero-order chi connectivity index (χ0) is 12.0. The molecule has 4 heteroatoms. The van der Waals surface area contributed by atoms with Gasteiger partial charge in [0.2, 0.25) is 5.91 Å². The summed E-state index contributed by atoms with van der Waals surface area (Å²) in [5, 5.41) is 0. The molecule has 3 nitrogen and oxygen atoms in total. The van der Waals surface area contributed by atoms with Gasteiger partial charge in [0.1, 0.15) is 0 Å². The van der Waals surface area contributed by atoms with Gasteiger partial charge in [0.25, 0.3) is 0 Å². The van der Waals surface area contributed by atoms with E-state index in [0.29, 0.717) is 19.1 Å². The highest BCUT2D eigenvalue weighted by Gasteiger charge is 2.25. The van der Waals surface area contributed by atoms with Crippen LogP contribution in [-0.4, -0.2) is 41.9 Å². The van der Waals surface area contributed by atoms with Crippen LogP contribution in [0.5, 0.6) is 0 Å². The van der Waals surface area contributed by atoms with Crippen molar-refractivity contribution in [1.29, 1.82) is 0 Å². The Labute approximate surface area is 101 Å². The average molecular weight is 280 g/mol. The molecule has 1 unspecified atom stereocenters. The second-order valence-corrected chi connectivity index (χ2v) is 5.25. The summed E-state index contributed by atoms with van der Waals surface area (Å²) in [5.41, 5.74) is 0. The highest BCUT2D eigenvalue weighted by molar-refractivity contribution is 9.10. The normalized spacial score (nSPS) is 13.3. The van der Waals surface area contributed by atoms with Crippen LogP contribution in [0.1, 0.15) is 27.7 Å². The molecule has 0 aliphatic carbocycles. The summed E-state index contributed by atoms with van der Waals surface area (Å²) in [6, 6.07) is 0.214. The lowest BCUT2D eigenvalue weighted by atomic mass is 10.1. The van der Waals surface area contributed by atoms with Gasteiger partial charge in [-0.05, 0) is 19.8 Å². The molecule has 15 heavy (non-hydrogen) atoms. The summed E-state index contributed by atoms with van der Waals surface area (Å²) in [7, 11) is 1.65. The number of methoxy groups -OCH3 is 1. The molecule has 1 amide bonds. The number of amides is 1. The van der Waals surface area contributed by atoms with Gasteiger partial charge < -0.3 is 9.64 Å². The van der Waals surface area contributed by atoms with Crippen LogP contribution in [-0.2, 0) is 9.53 Å². The van der Waals surface area contributed by atoms with Crippen molar-refractivity contribution in [3.8, 4) is 0 Å². The summed E-state index contributed by atoms with van der Waals surface area (Å²) in [6.07, 6.45) is 0. The van der Waals surface area contributed by atoms with Gasteiger partial charge in [-0.15, -0.1) is 0 Å². The number of hydrogen-bond acceptors (Lipinski definition) is 2. The molecule has 0 aliphatic rings. The van der Waals surface area contributed by atoms with Crippen LogP contribution in [0.2, 0.25) is 0 Å². The topological polar surface area (TPSA) is 29.5 Å². The molecular formula is C11H22BrNO2. The van der Waals surface area contributed by atoms with Gasteiger partial charge >= 0.3 is 0 Å². The molecule has 0 aromatic rings. The number of nitrogens with zero attached hydrogens (tertiary/aromatic N) is 1. The molecule has 0 fully saturated rings. The maximum absolute atomic E-state index is 12.1. The molecule has 0 aliphatic heterocycles. The molecule has 0 spiro atoms. The fourth-order valence-corrected chi connectivity index (χ4v) is 1.52.